The summed E-state index contributed by atoms with van der Waals surface area (Å²) in [6.07, 6.45) is 0.479. The summed E-state index contributed by atoms with van der Waals surface area (Å²) < 4.78 is 0. The van der Waals surface area contributed by atoms with Gasteiger partial charge in [0, 0.05) is 6.92 Å². The Bertz CT molecular complexity index is 164. The van der Waals surface area contributed by atoms with Crippen molar-refractivity contribution in [3.63, 3.8) is 0 Å². The molecule has 0 bridgehead atoms. The number of rotatable bonds is 3. The first-order valence-electron chi connectivity index (χ1n) is 2.58. The molecule has 0 spiro atoms. The minimum Gasteiger partial charge on any atom is -0.295 e. The molecule has 5 heteroatoms. The second-order valence-electron chi connectivity index (χ2n) is 1.45. The lowest BCUT2D eigenvalue weighted by atomic mass is 10.5. The van der Waals surface area contributed by atoms with Gasteiger partial charge in [-0.3, -0.25) is 19.2 Å². The number of halogens is 1. The van der Waals surface area contributed by atoms with Crippen molar-refractivity contribution in [2.75, 3.05) is 5.88 Å². The van der Waals surface area contributed by atoms with Crippen LogP contribution in [0, 0.1) is 0 Å². The van der Waals surface area contributed by atoms with Crippen LogP contribution in [0.4, 0.5) is 0 Å². The molecule has 0 aliphatic carbocycles. The number of hydrogen-bond donors (Lipinski definition) is 0. The molecule has 0 heterocycles. The van der Waals surface area contributed by atoms with Crippen LogP contribution in [0.3, 0.4) is 0 Å². The van der Waals surface area contributed by atoms with Gasteiger partial charge < -0.3 is 0 Å². The summed E-state index contributed by atoms with van der Waals surface area (Å²) in [6, 6.07) is 0. The van der Waals surface area contributed by atoms with Gasteiger partial charge >= 0.3 is 0 Å². The molecule has 0 aromatic rings. The zero-order valence-electron chi connectivity index (χ0n) is 5.87. The summed E-state index contributed by atoms with van der Waals surface area (Å²) in [5.74, 6) is -1.20. The smallest absolute Gasteiger partial charge is 0.209 e. The molecule has 0 atom stereocenters. The maximum Gasteiger partial charge on any atom is 0.209 e. The van der Waals surface area contributed by atoms with Crippen LogP contribution in [0.2, 0.25) is 0 Å². The Kier molecular flexibility index (Phi) is 10.3. The number of Topliss-reactive ketones (excluding diaryl/α,β-unsaturated/α-hetero) is 2. The van der Waals surface area contributed by atoms with Crippen molar-refractivity contribution < 1.29 is 19.2 Å². The Labute approximate surface area is 68.5 Å². The van der Waals surface area contributed by atoms with Gasteiger partial charge in [0.05, 0.1) is 5.88 Å². The van der Waals surface area contributed by atoms with Crippen molar-refractivity contribution in [2.24, 2.45) is 0 Å². The van der Waals surface area contributed by atoms with Crippen molar-refractivity contribution in [3.8, 4) is 0 Å². The lowest BCUT2D eigenvalue weighted by Crippen LogP contribution is -1.97. The molecule has 0 fully saturated rings. The number of carbonyl (C=O) groups excluding carboxylic acids is 4. The predicted octanol–water partition coefficient (Wildman–Crippen LogP) is -0.233. The minimum absolute atomic E-state index is 0.201. The standard InChI is InChI=1S/C3H3ClO2.C3H4O2/c4-1-3(6)2-5;1-3(5)2-4/h2H,1H2;2H,1H3. The molecule has 0 aromatic carbocycles. The fraction of sp³-hybridized carbons (Fsp3) is 0.333. The van der Waals surface area contributed by atoms with Crippen molar-refractivity contribution in [1.29, 1.82) is 0 Å². The van der Waals surface area contributed by atoms with E-state index < -0.39 is 11.6 Å². The maximum atomic E-state index is 9.68. The molecule has 62 valence electrons. The molecule has 0 rings (SSSR count). The van der Waals surface area contributed by atoms with E-state index in [0.717, 1.165) is 0 Å². The van der Waals surface area contributed by atoms with Crippen LogP contribution in [-0.2, 0) is 19.2 Å². The molecular weight excluding hydrogens is 172 g/mol. The topological polar surface area (TPSA) is 68.3 Å². The number of hydrogen-bond acceptors (Lipinski definition) is 4. The Morgan fingerprint density at radius 1 is 1.27 bits per heavy atom. The van der Waals surface area contributed by atoms with Gasteiger partial charge in [-0.2, -0.15) is 0 Å². The van der Waals surface area contributed by atoms with E-state index in [1.54, 1.807) is 0 Å². The van der Waals surface area contributed by atoms with Crippen LogP contribution >= 0.6 is 11.6 Å². The highest BCUT2D eigenvalue weighted by Crippen LogP contribution is 1.69. The third-order valence-corrected chi connectivity index (χ3v) is 0.693. The van der Waals surface area contributed by atoms with Crippen LogP contribution < -0.4 is 0 Å². The Morgan fingerprint density at radius 2 is 1.64 bits per heavy atom. The molecule has 0 radical (unpaired) electrons. The van der Waals surface area contributed by atoms with E-state index in [2.05, 4.69) is 0 Å². The largest absolute Gasteiger partial charge is 0.295 e. The van der Waals surface area contributed by atoms with Crippen LogP contribution in [0.25, 0.3) is 0 Å². The zero-order chi connectivity index (χ0) is 9.28. The monoisotopic (exact) mass is 178 g/mol. The average molecular weight is 179 g/mol. The Balaban J connectivity index is 0. The van der Waals surface area contributed by atoms with Gasteiger partial charge in [-0.15, -0.1) is 11.6 Å². The Morgan fingerprint density at radius 3 is 1.64 bits per heavy atom. The van der Waals surface area contributed by atoms with Crippen LogP contribution in [0.15, 0.2) is 0 Å². The first-order valence-corrected chi connectivity index (χ1v) is 3.11. The number of alkyl halides is 1. The molecule has 4 nitrogen and oxygen atoms in total. The lowest BCUT2D eigenvalue weighted by molar-refractivity contribution is -0.128. The molecule has 0 amide bonds. The summed E-state index contributed by atoms with van der Waals surface area (Å²) in [4.78, 5) is 37.6. The van der Waals surface area contributed by atoms with Gasteiger partial charge in [0.15, 0.2) is 18.4 Å². The quantitative estimate of drug-likeness (QED) is 0.340. The van der Waals surface area contributed by atoms with E-state index >= 15 is 0 Å². The molecule has 0 unspecified atom stereocenters. The minimum atomic E-state index is -0.573. The third kappa shape index (κ3) is 17.6. The number of ketones is 2. The Hall–Kier alpha value is -1.03. The first-order chi connectivity index (χ1) is 5.08. The van der Waals surface area contributed by atoms with Gasteiger partial charge in [-0.25, -0.2) is 0 Å². The van der Waals surface area contributed by atoms with Crippen molar-refractivity contribution >= 4 is 35.7 Å². The molecule has 0 saturated carbocycles. The lowest BCUT2D eigenvalue weighted by Gasteiger charge is -1.69. The van der Waals surface area contributed by atoms with E-state index in [4.69, 9.17) is 16.4 Å². The number of aldehydes is 2. The molecule has 0 aliphatic rings. The van der Waals surface area contributed by atoms with E-state index in [1.807, 2.05) is 0 Å². The van der Waals surface area contributed by atoms with Crippen molar-refractivity contribution in [1.82, 2.24) is 0 Å². The summed E-state index contributed by atoms with van der Waals surface area (Å²) in [5, 5.41) is 0. The maximum absolute atomic E-state index is 9.68. The van der Waals surface area contributed by atoms with Crippen molar-refractivity contribution in [2.45, 2.75) is 6.92 Å². The summed E-state index contributed by atoms with van der Waals surface area (Å²) in [6.45, 7) is 1.22. The molecule has 0 aliphatic heterocycles. The van der Waals surface area contributed by atoms with Crippen LogP contribution in [0.1, 0.15) is 6.92 Å². The van der Waals surface area contributed by atoms with Gasteiger partial charge in [-0.1, -0.05) is 0 Å². The zero-order valence-corrected chi connectivity index (χ0v) is 6.63. The fourth-order valence-electron chi connectivity index (χ4n) is 0.0315. The molecule has 11 heavy (non-hydrogen) atoms. The van der Waals surface area contributed by atoms with E-state index in [1.165, 1.54) is 6.92 Å². The highest BCUT2D eigenvalue weighted by Gasteiger charge is 1.89. The predicted molar refractivity (Wildman–Crippen MR) is 38.5 cm³/mol. The molecule has 0 aromatic heterocycles. The second-order valence-corrected chi connectivity index (χ2v) is 1.71. The van der Waals surface area contributed by atoms with Gasteiger partial charge in [-0.05, 0) is 0 Å². The van der Waals surface area contributed by atoms with Crippen LogP contribution in [-0.4, -0.2) is 30.0 Å². The van der Waals surface area contributed by atoms with E-state index in [9.17, 15) is 14.4 Å². The molecule has 0 saturated heterocycles. The van der Waals surface area contributed by atoms with Crippen molar-refractivity contribution in [3.05, 3.63) is 0 Å². The second kappa shape index (κ2) is 8.97. The van der Waals surface area contributed by atoms with E-state index in [-0.39, 0.29) is 18.5 Å². The van der Waals surface area contributed by atoms with Gasteiger partial charge in [0.25, 0.3) is 0 Å². The fourth-order valence-corrected chi connectivity index (χ4v) is 0.0945. The van der Waals surface area contributed by atoms with Crippen LogP contribution in [0.5, 0.6) is 0 Å². The molecular formula is C6H7ClO4. The number of carbonyl (C=O) groups is 4. The highest BCUT2D eigenvalue weighted by atomic mass is 35.5. The van der Waals surface area contributed by atoms with E-state index in [0.29, 0.717) is 0 Å². The third-order valence-electron chi connectivity index (χ3n) is 0.429. The average Bonchev–Trinajstić information content (AvgIpc) is 2.04. The SMILES string of the molecule is CC(=O)C=O.O=CC(=O)CCl. The highest BCUT2D eigenvalue weighted by molar-refractivity contribution is 6.40. The first kappa shape index (κ1) is 12.6. The summed E-state index contributed by atoms with van der Waals surface area (Å²) in [5.41, 5.74) is 0. The van der Waals surface area contributed by atoms with Gasteiger partial charge in [0.2, 0.25) is 5.78 Å². The summed E-state index contributed by atoms with van der Waals surface area (Å²) >= 11 is 4.87. The van der Waals surface area contributed by atoms with Gasteiger partial charge in [0.1, 0.15) is 0 Å². The summed E-state index contributed by atoms with van der Waals surface area (Å²) in [7, 11) is 0. The normalized spacial score (nSPS) is 7.09. The molecule has 0 N–H and O–H groups in total.